The van der Waals surface area contributed by atoms with Gasteiger partial charge in [-0.2, -0.15) is 0 Å². The van der Waals surface area contributed by atoms with Gasteiger partial charge in [-0.1, -0.05) is 30.3 Å². The first-order valence-corrected chi connectivity index (χ1v) is 7.59. The second kappa shape index (κ2) is 6.13. The molecule has 0 radical (unpaired) electrons. The van der Waals surface area contributed by atoms with E-state index in [1.807, 2.05) is 19.1 Å². The van der Waals surface area contributed by atoms with Gasteiger partial charge in [0.05, 0.1) is 0 Å². The number of allylic oxidation sites excluding steroid dienone is 1. The quantitative estimate of drug-likeness (QED) is 0.722. The van der Waals surface area contributed by atoms with Crippen molar-refractivity contribution >= 4 is 22.4 Å². The minimum Gasteiger partial charge on any atom is -0.478 e. The lowest BCUT2D eigenvalue weighted by molar-refractivity contribution is -0.131. The molecule has 0 atom stereocenters. The van der Waals surface area contributed by atoms with Crippen molar-refractivity contribution in [1.29, 1.82) is 0 Å². The van der Waals surface area contributed by atoms with Crippen LogP contribution in [0.25, 0.3) is 16.5 Å². The van der Waals surface area contributed by atoms with Crippen LogP contribution in [0.15, 0.2) is 60.8 Å². The lowest BCUT2D eigenvalue weighted by atomic mass is 10.1. The summed E-state index contributed by atoms with van der Waals surface area (Å²) in [4.78, 5) is 10.8. The number of carboxylic acids is 1. The summed E-state index contributed by atoms with van der Waals surface area (Å²) < 4.78 is 2.22. The molecule has 3 rings (SSSR count). The fourth-order valence-corrected chi connectivity index (χ4v) is 2.82. The molecule has 3 heteroatoms. The number of aliphatic carboxylic acids is 1. The number of carboxylic acid groups (broad SMARTS) is 1. The summed E-state index contributed by atoms with van der Waals surface area (Å²) in [6.45, 7) is 4.78. The zero-order valence-electron chi connectivity index (χ0n) is 13.3. The summed E-state index contributed by atoms with van der Waals surface area (Å²) in [7, 11) is 0. The Bertz CT molecular complexity index is 903. The molecule has 0 bridgehead atoms. The van der Waals surface area contributed by atoms with Crippen molar-refractivity contribution in [3.8, 4) is 0 Å². The Morgan fingerprint density at radius 1 is 1.17 bits per heavy atom. The van der Waals surface area contributed by atoms with Crippen molar-refractivity contribution in [2.75, 3.05) is 0 Å². The van der Waals surface area contributed by atoms with Gasteiger partial charge in [-0.15, -0.1) is 0 Å². The van der Waals surface area contributed by atoms with E-state index < -0.39 is 5.97 Å². The normalized spacial score (nSPS) is 11.8. The van der Waals surface area contributed by atoms with Crippen molar-refractivity contribution in [3.05, 3.63) is 77.5 Å². The maximum Gasteiger partial charge on any atom is 0.328 e. The highest BCUT2D eigenvalue weighted by molar-refractivity contribution is 5.91. The van der Waals surface area contributed by atoms with Crippen LogP contribution in [0.3, 0.4) is 0 Å². The lowest BCUT2D eigenvalue weighted by Crippen LogP contribution is -1.99. The van der Waals surface area contributed by atoms with Crippen LogP contribution in [0.4, 0.5) is 0 Å². The van der Waals surface area contributed by atoms with Gasteiger partial charge in [-0.05, 0) is 54.3 Å². The second-order valence-electron chi connectivity index (χ2n) is 5.81. The zero-order valence-corrected chi connectivity index (χ0v) is 13.3. The number of rotatable bonds is 4. The molecule has 3 nitrogen and oxygen atoms in total. The molecule has 0 aliphatic rings. The zero-order chi connectivity index (χ0) is 16.4. The Morgan fingerprint density at radius 3 is 2.70 bits per heavy atom. The summed E-state index contributed by atoms with van der Waals surface area (Å²) in [5, 5.41) is 9.99. The van der Waals surface area contributed by atoms with Crippen LogP contribution in [0.1, 0.15) is 23.6 Å². The van der Waals surface area contributed by atoms with Crippen molar-refractivity contribution in [2.24, 2.45) is 0 Å². The number of hydrogen-bond acceptors (Lipinski definition) is 1. The SMILES string of the molecule is CC(=CC(=O)O)c1ccc2c(ccn2Cc2ccccc2C)c1. The first kappa shape index (κ1) is 15.1. The maximum atomic E-state index is 10.8. The molecule has 0 aliphatic carbocycles. The number of fused-ring (bicyclic) bond motifs is 1. The van der Waals surface area contributed by atoms with Crippen molar-refractivity contribution < 1.29 is 9.90 Å². The molecule has 0 spiro atoms. The van der Waals surface area contributed by atoms with Crippen molar-refractivity contribution in [3.63, 3.8) is 0 Å². The first-order valence-electron chi connectivity index (χ1n) is 7.59. The Morgan fingerprint density at radius 2 is 1.96 bits per heavy atom. The van der Waals surface area contributed by atoms with Gasteiger partial charge in [0.2, 0.25) is 0 Å². The highest BCUT2D eigenvalue weighted by Gasteiger charge is 2.06. The second-order valence-corrected chi connectivity index (χ2v) is 5.81. The van der Waals surface area contributed by atoms with Gasteiger partial charge in [-0.25, -0.2) is 4.79 Å². The van der Waals surface area contributed by atoms with E-state index >= 15 is 0 Å². The summed E-state index contributed by atoms with van der Waals surface area (Å²) in [6.07, 6.45) is 3.32. The van der Waals surface area contributed by atoms with Gasteiger partial charge in [-0.3, -0.25) is 0 Å². The molecular formula is C20H19NO2. The van der Waals surface area contributed by atoms with Gasteiger partial charge in [0.25, 0.3) is 0 Å². The lowest BCUT2D eigenvalue weighted by Gasteiger charge is -2.09. The third-order valence-corrected chi connectivity index (χ3v) is 4.17. The number of carbonyl (C=O) groups is 1. The van der Waals surface area contributed by atoms with Crippen molar-refractivity contribution in [1.82, 2.24) is 4.57 Å². The number of aromatic nitrogens is 1. The molecule has 1 aromatic heterocycles. The summed E-state index contributed by atoms with van der Waals surface area (Å²) in [5.74, 6) is -0.917. The van der Waals surface area contributed by atoms with Crippen molar-refractivity contribution in [2.45, 2.75) is 20.4 Å². The largest absolute Gasteiger partial charge is 0.478 e. The number of hydrogen-bond donors (Lipinski definition) is 1. The minimum absolute atomic E-state index is 0.756. The Hall–Kier alpha value is -2.81. The molecule has 0 unspecified atom stereocenters. The monoisotopic (exact) mass is 305 g/mol. The highest BCUT2D eigenvalue weighted by atomic mass is 16.4. The fourth-order valence-electron chi connectivity index (χ4n) is 2.82. The fraction of sp³-hybridized carbons (Fsp3) is 0.150. The molecule has 0 saturated carbocycles. The van der Waals surface area contributed by atoms with Gasteiger partial charge >= 0.3 is 5.97 Å². The van der Waals surface area contributed by atoms with E-state index in [2.05, 4.69) is 54.1 Å². The summed E-state index contributed by atoms with van der Waals surface area (Å²) in [5.41, 5.74) is 5.43. The molecule has 0 amide bonds. The van der Waals surface area contributed by atoms with Crippen LogP contribution in [-0.4, -0.2) is 15.6 Å². The molecule has 23 heavy (non-hydrogen) atoms. The summed E-state index contributed by atoms with van der Waals surface area (Å²) >= 11 is 0. The van der Waals surface area contributed by atoms with E-state index in [-0.39, 0.29) is 0 Å². The number of aryl methyl sites for hydroxylation is 1. The molecule has 0 fully saturated rings. The third kappa shape index (κ3) is 3.19. The Balaban J connectivity index is 1.96. The highest BCUT2D eigenvalue weighted by Crippen LogP contribution is 2.23. The van der Waals surface area contributed by atoms with Crippen LogP contribution < -0.4 is 0 Å². The van der Waals surface area contributed by atoms with E-state index in [1.165, 1.54) is 17.2 Å². The molecule has 0 saturated heterocycles. The Labute approximate surface area is 135 Å². The predicted molar refractivity (Wildman–Crippen MR) is 93.5 cm³/mol. The average molecular weight is 305 g/mol. The molecule has 0 aliphatic heterocycles. The summed E-state index contributed by atoms with van der Waals surface area (Å²) in [6, 6.07) is 16.5. The minimum atomic E-state index is -0.917. The van der Waals surface area contributed by atoms with E-state index in [1.54, 1.807) is 0 Å². The first-order chi connectivity index (χ1) is 11.0. The number of nitrogens with zero attached hydrogens (tertiary/aromatic N) is 1. The van der Waals surface area contributed by atoms with Crippen LogP contribution in [0.2, 0.25) is 0 Å². The van der Waals surface area contributed by atoms with Gasteiger partial charge in [0.1, 0.15) is 0 Å². The van der Waals surface area contributed by atoms with E-state index in [9.17, 15) is 4.79 Å². The average Bonchev–Trinajstić information content (AvgIpc) is 2.91. The molecule has 1 heterocycles. The molecule has 2 aromatic carbocycles. The van der Waals surface area contributed by atoms with E-state index in [4.69, 9.17) is 5.11 Å². The molecule has 3 aromatic rings. The van der Waals surface area contributed by atoms with Crippen LogP contribution >= 0.6 is 0 Å². The topological polar surface area (TPSA) is 42.2 Å². The van der Waals surface area contributed by atoms with E-state index in [0.29, 0.717) is 0 Å². The van der Waals surface area contributed by atoms with E-state index in [0.717, 1.165) is 28.6 Å². The third-order valence-electron chi connectivity index (χ3n) is 4.17. The van der Waals surface area contributed by atoms with Crippen LogP contribution in [0, 0.1) is 6.92 Å². The van der Waals surface area contributed by atoms with Gasteiger partial charge < -0.3 is 9.67 Å². The predicted octanol–water partition coefficient (Wildman–Crippen LogP) is 4.49. The maximum absolute atomic E-state index is 10.8. The van der Waals surface area contributed by atoms with Crippen LogP contribution in [-0.2, 0) is 11.3 Å². The van der Waals surface area contributed by atoms with Gasteiger partial charge in [0, 0.05) is 29.7 Å². The number of benzene rings is 2. The molecule has 116 valence electrons. The van der Waals surface area contributed by atoms with Crippen LogP contribution in [0.5, 0.6) is 0 Å². The molecular weight excluding hydrogens is 286 g/mol. The Kier molecular flexibility index (Phi) is 4.02. The smallest absolute Gasteiger partial charge is 0.328 e. The van der Waals surface area contributed by atoms with Gasteiger partial charge in [0.15, 0.2) is 0 Å². The molecule has 1 N–H and O–H groups in total. The standard InChI is InChI=1S/C20H19NO2/c1-14-5-3-4-6-18(14)13-21-10-9-17-12-16(7-8-19(17)21)15(2)11-20(22)23/h3-12H,13H2,1-2H3,(H,22,23).